The van der Waals surface area contributed by atoms with Crippen molar-refractivity contribution < 1.29 is 29.1 Å². The highest BCUT2D eigenvalue weighted by Crippen LogP contribution is 2.37. The SMILES string of the molecule is COC(=O)C1Cc2c(ccc([N+](=O)[O-])c2O)CN1C(=O)OC(C)C. The van der Waals surface area contributed by atoms with E-state index in [-0.39, 0.29) is 24.6 Å². The van der Waals surface area contributed by atoms with Crippen molar-refractivity contribution in [3.05, 3.63) is 33.4 Å². The van der Waals surface area contributed by atoms with E-state index in [4.69, 9.17) is 9.47 Å². The maximum absolute atomic E-state index is 12.2. The molecule has 1 aromatic carbocycles. The largest absolute Gasteiger partial charge is 0.502 e. The Morgan fingerprint density at radius 3 is 2.62 bits per heavy atom. The zero-order valence-corrected chi connectivity index (χ0v) is 13.5. The van der Waals surface area contributed by atoms with Gasteiger partial charge in [0, 0.05) is 18.1 Å². The number of fused-ring (bicyclic) bond motifs is 1. The van der Waals surface area contributed by atoms with Crippen LogP contribution in [0.5, 0.6) is 5.75 Å². The molecule has 0 bridgehead atoms. The highest BCUT2D eigenvalue weighted by atomic mass is 16.6. The van der Waals surface area contributed by atoms with E-state index in [1.807, 2.05) is 0 Å². The molecule has 0 saturated carbocycles. The van der Waals surface area contributed by atoms with Gasteiger partial charge in [0.1, 0.15) is 6.04 Å². The first-order chi connectivity index (χ1) is 11.3. The summed E-state index contributed by atoms with van der Waals surface area (Å²) in [7, 11) is 1.18. The molecule has 1 aliphatic rings. The first kappa shape index (κ1) is 17.5. The summed E-state index contributed by atoms with van der Waals surface area (Å²) in [6, 6.07) is 1.59. The van der Waals surface area contributed by atoms with Crippen molar-refractivity contribution in [3.8, 4) is 5.75 Å². The number of phenols is 1. The van der Waals surface area contributed by atoms with Crippen LogP contribution < -0.4 is 0 Å². The third-order valence-corrected chi connectivity index (χ3v) is 3.71. The molecule has 1 aliphatic heterocycles. The zero-order valence-electron chi connectivity index (χ0n) is 13.5. The van der Waals surface area contributed by atoms with Crippen LogP contribution in [-0.4, -0.2) is 46.2 Å². The first-order valence-corrected chi connectivity index (χ1v) is 7.29. The summed E-state index contributed by atoms with van der Waals surface area (Å²) < 4.78 is 9.83. The summed E-state index contributed by atoms with van der Waals surface area (Å²) >= 11 is 0. The fourth-order valence-electron chi connectivity index (χ4n) is 2.59. The Hall–Kier alpha value is -2.84. The van der Waals surface area contributed by atoms with Crippen LogP contribution in [0.3, 0.4) is 0 Å². The van der Waals surface area contributed by atoms with Gasteiger partial charge in [0.15, 0.2) is 5.75 Å². The van der Waals surface area contributed by atoms with Crippen molar-refractivity contribution in [1.82, 2.24) is 4.90 Å². The minimum Gasteiger partial charge on any atom is -0.502 e. The van der Waals surface area contributed by atoms with E-state index in [1.54, 1.807) is 13.8 Å². The number of rotatable bonds is 3. The molecule has 0 spiro atoms. The van der Waals surface area contributed by atoms with Crippen LogP contribution in [-0.2, 0) is 27.2 Å². The van der Waals surface area contributed by atoms with E-state index in [9.17, 15) is 24.8 Å². The van der Waals surface area contributed by atoms with Crippen LogP contribution in [0.2, 0.25) is 0 Å². The molecule has 1 aromatic rings. The van der Waals surface area contributed by atoms with E-state index in [0.717, 1.165) is 0 Å². The predicted molar refractivity (Wildman–Crippen MR) is 81.4 cm³/mol. The van der Waals surface area contributed by atoms with E-state index < -0.39 is 34.5 Å². The van der Waals surface area contributed by atoms with Crippen LogP contribution in [0, 0.1) is 10.1 Å². The zero-order chi connectivity index (χ0) is 18.0. The van der Waals surface area contributed by atoms with Gasteiger partial charge in [0.2, 0.25) is 0 Å². The maximum Gasteiger partial charge on any atom is 0.411 e. The summed E-state index contributed by atoms with van der Waals surface area (Å²) in [6.07, 6.45) is -1.16. The van der Waals surface area contributed by atoms with E-state index >= 15 is 0 Å². The number of hydrogen-bond donors (Lipinski definition) is 1. The topological polar surface area (TPSA) is 119 Å². The van der Waals surface area contributed by atoms with Crippen molar-refractivity contribution >= 4 is 17.7 Å². The highest BCUT2D eigenvalue weighted by Gasteiger charge is 2.39. The summed E-state index contributed by atoms with van der Waals surface area (Å²) in [5, 5.41) is 21.1. The second-order valence-corrected chi connectivity index (χ2v) is 5.63. The number of amides is 1. The molecule has 0 aliphatic carbocycles. The lowest BCUT2D eigenvalue weighted by molar-refractivity contribution is -0.386. The van der Waals surface area contributed by atoms with Gasteiger partial charge in [-0.05, 0) is 25.5 Å². The molecular formula is C15H18N2O7. The molecule has 2 rings (SSSR count). The molecule has 1 amide bonds. The van der Waals surface area contributed by atoms with Crippen LogP contribution >= 0.6 is 0 Å². The van der Waals surface area contributed by atoms with Gasteiger partial charge in [0.25, 0.3) is 0 Å². The second-order valence-electron chi connectivity index (χ2n) is 5.63. The Labute approximate surface area is 137 Å². The van der Waals surface area contributed by atoms with E-state index in [0.29, 0.717) is 5.56 Å². The number of methoxy groups -OCH3 is 1. The van der Waals surface area contributed by atoms with Crippen LogP contribution in [0.4, 0.5) is 10.5 Å². The molecular weight excluding hydrogens is 320 g/mol. The van der Waals surface area contributed by atoms with Crippen molar-refractivity contribution in [2.45, 2.75) is 39.0 Å². The number of benzene rings is 1. The molecule has 0 fully saturated rings. The number of phenolic OH excluding ortho intramolecular Hbond substituents is 1. The number of ether oxygens (including phenoxy) is 2. The van der Waals surface area contributed by atoms with Gasteiger partial charge in [-0.25, -0.2) is 9.59 Å². The third kappa shape index (κ3) is 3.24. The van der Waals surface area contributed by atoms with Gasteiger partial charge in [-0.2, -0.15) is 0 Å². The van der Waals surface area contributed by atoms with Crippen LogP contribution in [0.25, 0.3) is 0 Å². The number of nitro groups is 1. The minimum atomic E-state index is -1.03. The average molecular weight is 338 g/mol. The van der Waals surface area contributed by atoms with E-state index in [2.05, 4.69) is 0 Å². The lowest BCUT2D eigenvalue weighted by atomic mass is 9.92. The summed E-state index contributed by atoms with van der Waals surface area (Å²) in [6.45, 7) is 3.34. The van der Waals surface area contributed by atoms with E-state index in [1.165, 1.54) is 24.1 Å². The molecule has 1 atom stereocenters. The highest BCUT2D eigenvalue weighted by molar-refractivity contribution is 5.83. The fraction of sp³-hybridized carbons (Fsp3) is 0.467. The Balaban J connectivity index is 2.44. The molecule has 9 heteroatoms. The molecule has 0 radical (unpaired) electrons. The van der Waals surface area contributed by atoms with Gasteiger partial charge in [0.05, 0.1) is 24.7 Å². The molecule has 1 N–H and O–H groups in total. The predicted octanol–water partition coefficient (Wildman–Crippen LogP) is 1.75. The lowest BCUT2D eigenvalue weighted by Gasteiger charge is -2.34. The van der Waals surface area contributed by atoms with Crippen molar-refractivity contribution in [2.24, 2.45) is 0 Å². The second kappa shape index (κ2) is 6.73. The fourth-order valence-corrected chi connectivity index (χ4v) is 2.59. The van der Waals surface area contributed by atoms with Crippen molar-refractivity contribution in [2.75, 3.05) is 7.11 Å². The van der Waals surface area contributed by atoms with Crippen molar-refractivity contribution in [1.29, 1.82) is 0 Å². The van der Waals surface area contributed by atoms with Crippen molar-refractivity contribution in [3.63, 3.8) is 0 Å². The number of aromatic hydroxyl groups is 1. The lowest BCUT2D eigenvalue weighted by Crippen LogP contribution is -2.49. The summed E-state index contributed by atoms with van der Waals surface area (Å²) in [5.74, 6) is -1.18. The normalized spacial score (nSPS) is 16.5. The van der Waals surface area contributed by atoms with Gasteiger partial charge in [-0.15, -0.1) is 0 Å². The van der Waals surface area contributed by atoms with Gasteiger partial charge >= 0.3 is 17.7 Å². The molecule has 0 saturated heterocycles. The molecule has 9 nitrogen and oxygen atoms in total. The maximum atomic E-state index is 12.2. The van der Waals surface area contributed by atoms with Crippen LogP contribution in [0.1, 0.15) is 25.0 Å². The first-order valence-electron chi connectivity index (χ1n) is 7.29. The number of nitrogens with zero attached hydrogens (tertiary/aromatic N) is 2. The van der Waals surface area contributed by atoms with Crippen LogP contribution in [0.15, 0.2) is 12.1 Å². The monoisotopic (exact) mass is 338 g/mol. The number of esters is 1. The molecule has 0 aromatic heterocycles. The number of hydrogen-bond acceptors (Lipinski definition) is 7. The van der Waals surface area contributed by atoms with Gasteiger partial charge in [-0.3, -0.25) is 15.0 Å². The number of carbonyl (C=O) groups is 2. The third-order valence-electron chi connectivity index (χ3n) is 3.71. The average Bonchev–Trinajstić information content (AvgIpc) is 2.52. The van der Waals surface area contributed by atoms with Gasteiger partial charge < -0.3 is 14.6 Å². The Bertz CT molecular complexity index is 687. The Kier molecular flexibility index (Phi) is 4.91. The Morgan fingerprint density at radius 1 is 1.42 bits per heavy atom. The summed E-state index contributed by atoms with van der Waals surface area (Å²) in [4.78, 5) is 35.7. The molecule has 1 heterocycles. The quantitative estimate of drug-likeness (QED) is 0.506. The smallest absolute Gasteiger partial charge is 0.411 e. The standard InChI is InChI=1S/C15H18N2O7/c1-8(2)24-15(20)16-7-9-4-5-11(17(21)22)13(18)10(9)6-12(16)14(19)23-3/h4-5,8,12,18H,6-7H2,1-3H3. The number of carbonyl (C=O) groups excluding carboxylic acids is 2. The minimum absolute atomic E-state index is 0.0216. The Morgan fingerprint density at radius 2 is 2.08 bits per heavy atom. The van der Waals surface area contributed by atoms with Gasteiger partial charge in [-0.1, -0.05) is 0 Å². The molecule has 24 heavy (non-hydrogen) atoms. The number of nitro benzene ring substituents is 1. The molecule has 1 unspecified atom stereocenters. The molecule has 130 valence electrons. The summed E-state index contributed by atoms with van der Waals surface area (Å²) in [5.41, 5.74) is 0.322.